The van der Waals surface area contributed by atoms with E-state index in [0.29, 0.717) is 0 Å². The Hall–Kier alpha value is -1.85. The van der Waals surface area contributed by atoms with Crippen molar-refractivity contribution >= 4 is 34.8 Å². The first-order valence-corrected chi connectivity index (χ1v) is 6.50. The summed E-state index contributed by atoms with van der Waals surface area (Å²) in [6.07, 6.45) is 0. The summed E-state index contributed by atoms with van der Waals surface area (Å²) in [5.41, 5.74) is -0.766. The Morgan fingerprint density at radius 3 is 2.57 bits per heavy atom. The molecule has 0 spiro atoms. The average molecular weight is 332 g/mol. The third-order valence-electron chi connectivity index (χ3n) is 2.79. The van der Waals surface area contributed by atoms with Gasteiger partial charge >= 0.3 is 0 Å². The first-order chi connectivity index (χ1) is 9.81. The average Bonchev–Trinajstić information content (AvgIpc) is 2.40. The van der Waals surface area contributed by atoms with Crippen molar-refractivity contribution in [1.29, 1.82) is 0 Å². The molecule has 0 heterocycles. The second kappa shape index (κ2) is 5.87. The van der Waals surface area contributed by atoms with Crippen LogP contribution in [0.25, 0.3) is 0 Å². The molecule has 0 fully saturated rings. The van der Waals surface area contributed by atoms with E-state index in [1.165, 1.54) is 25.1 Å². The maximum atomic E-state index is 13.9. The van der Waals surface area contributed by atoms with Gasteiger partial charge in [-0.1, -0.05) is 29.3 Å². The van der Waals surface area contributed by atoms with Crippen LogP contribution in [0.2, 0.25) is 10.0 Å². The summed E-state index contributed by atoms with van der Waals surface area (Å²) in [6, 6.07) is 4.68. The van der Waals surface area contributed by atoms with Crippen molar-refractivity contribution in [1.82, 2.24) is 0 Å². The number of aromatic hydroxyl groups is 1. The summed E-state index contributed by atoms with van der Waals surface area (Å²) in [5, 5.41) is 12.0. The van der Waals surface area contributed by atoms with Crippen LogP contribution in [0, 0.1) is 18.6 Å². The largest absolute Gasteiger partial charge is 0.504 e. The minimum atomic E-state index is -1.05. The third kappa shape index (κ3) is 3.09. The second-order valence-corrected chi connectivity index (χ2v) is 5.13. The first-order valence-electron chi connectivity index (χ1n) is 5.75. The first kappa shape index (κ1) is 15.5. The summed E-state index contributed by atoms with van der Waals surface area (Å²) in [5.74, 6) is -3.48. The minimum Gasteiger partial charge on any atom is -0.504 e. The molecule has 2 rings (SSSR count). The molecular formula is C14H9Cl2F2NO2. The van der Waals surface area contributed by atoms with Gasteiger partial charge in [0, 0.05) is 5.02 Å². The molecule has 0 aliphatic heterocycles. The highest BCUT2D eigenvalue weighted by Crippen LogP contribution is 2.35. The normalized spacial score (nSPS) is 10.5. The number of nitrogens with one attached hydrogen (secondary N) is 1. The predicted octanol–water partition coefficient (Wildman–Crippen LogP) is 4.54. The van der Waals surface area contributed by atoms with Crippen molar-refractivity contribution in [3.63, 3.8) is 0 Å². The van der Waals surface area contributed by atoms with E-state index in [1.807, 2.05) is 0 Å². The molecule has 0 bridgehead atoms. The number of hydrogen-bond donors (Lipinski definition) is 2. The smallest absolute Gasteiger partial charge is 0.261 e. The molecule has 0 aliphatic rings. The van der Waals surface area contributed by atoms with Crippen LogP contribution >= 0.6 is 23.2 Å². The topological polar surface area (TPSA) is 49.3 Å². The van der Waals surface area contributed by atoms with Crippen LogP contribution < -0.4 is 5.32 Å². The zero-order chi connectivity index (χ0) is 15.7. The summed E-state index contributed by atoms with van der Waals surface area (Å²) in [4.78, 5) is 12.0. The molecule has 0 unspecified atom stereocenters. The zero-order valence-corrected chi connectivity index (χ0v) is 12.2. The van der Waals surface area contributed by atoms with Gasteiger partial charge in [0.25, 0.3) is 5.91 Å². The van der Waals surface area contributed by atoms with E-state index in [9.17, 15) is 18.7 Å². The van der Waals surface area contributed by atoms with E-state index in [4.69, 9.17) is 23.2 Å². The molecule has 0 radical (unpaired) electrons. The van der Waals surface area contributed by atoms with Crippen molar-refractivity contribution in [3.8, 4) is 5.75 Å². The highest BCUT2D eigenvalue weighted by atomic mass is 35.5. The lowest BCUT2D eigenvalue weighted by Gasteiger charge is -2.11. The number of aryl methyl sites for hydroxylation is 1. The van der Waals surface area contributed by atoms with Crippen LogP contribution in [0.3, 0.4) is 0 Å². The lowest BCUT2D eigenvalue weighted by atomic mass is 10.1. The lowest BCUT2D eigenvalue weighted by molar-refractivity contribution is 0.101. The summed E-state index contributed by atoms with van der Waals surface area (Å²) in [6.45, 7) is 1.40. The van der Waals surface area contributed by atoms with E-state index >= 15 is 0 Å². The number of phenolic OH excluding ortho intramolecular Hbond substituents is 1. The Kier molecular flexibility index (Phi) is 4.34. The number of phenols is 1. The minimum absolute atomic E-state index is 0.0945. The highest BCUT2D eigenvalue weighted by molar-refractivity contribution is 6.36. The van der Waals surface area contributed by atoms with Crippen LogP contribution in [0.5, 0.6) is 5.75 Å². The van der Waals surface area contributed by atoms with Gasteiger partial charge < -0.3 is 10.4 Å². The van der Waals surface area contributed by atoms with Gasteiger partial charge in [-0.05, 0) is 30.7 Å². The number of carbonyl (C=O) groups excluding carboxylic acids is 1. The van der Waals surface area contributed by atoms with Gasteiger partial charge in [-0.15, -0.1) is 0 Å². The van der Waals surface area contributed by atoms with Crippen molar-refractivity contribution in [3.05, 3.63) is 57.1 Å². The molecule has 3 nitrogen and oxygen atoms in total. The van der Waals surface area contributed by atoms with Crippen LogP contribution in [0.4, 0.5) is 14.5 Å². The Labute approximate surface area is 129 Å². The lowest BCUT2D eigenvalue weighted by Crippen LogP contribution is -2.16. The fraction of sp³-hybridized carbons (Fsp3) is 0.0714. The molecule has 2 N–H and O–H groups in total. The fourth-order valence-corrected chi connectivity index (χ4v) is 2.20. The molecule has 2 aromatic rings. The third-order valence-corrected chi connectivity index (χ3v) is 3.29. The number of amides is 1. The van der Waals surface area contributed by atoms with Crippen LogP contribution in [-0.4, -0.2) is 11.0 Å². The van der Waals surface area contributed by atoms with Crippen LogP contribution in [0.15, 0.2) is 24.3 Å². The molecule has 1 amide bonds. The Balaban J connectivity index is 2.42. The molecule has 2 aromatic carbocycles. The molecule has 7 heteroatoms. The Morgan fingerprint density at radius 2 is 1.90 bits per heavy atom. The monoisotopic (exact) mass is 331 g/mol. The quantitative estimate of drug-likeness (QED) is 0.794. The highest BCUT2D eigenvalue weighted by Gasteiger charge is 2.20. The maximum Gasteiger partial charge on any atom is 0.261 e. The Bertz CT molecular complexity index is 735. The fourth-order valence-electron chi connectivity index (χ4n) is 1.71. The molecule has 110 valence electrons. The molecule has 0 saturated carbocycles. The van der Waals surface area contributed by atoms with E-state index in [2.05, 4.69) is 5.32 Å². The molecular weight excluding hydrogens is 323 g/mol. The number of halogens is 4. The molecule has 0 atom stereocenters. The van der Waals surface area contributed by atoms with E-state index in [1.54, 1.807) is 0 Å². The van der Waals surface area contributed by atoms with Crippen molar-refractivity contribution in [2.45, 2.75) is 6.92 Å². The number of carbonyl (C=O) groups is 1. The number of rotatable bonds is 2. The standard InChI is InChI=1S/C14H9Cl2F2NO2/c1-6-2-3-9(17)11(12(6)18)14(21)19-10-5-7(15)4-8(16)13(10)20/h2-5,20H,1H3,(H,19,21). The van der Waals surface area contributed by atoms with Gasteiger partial charge in [-0.3, -0.25) is 4.79 Å². The maximum absolute atomic E-state index is 13.9. The van der Waals surface area contributed by atoms with Crippen molar-refractivity contribution in [2.75, 3.05) is 5.32 Å². The van der Waals surface area contributed by atoms with Gasteiger partial charge in [-0.2, -0.15) is 0 Å². The molecule has 0 aromatic heterocycles. The second-order valence-electron chi connectivity index (χ2n) is 4.29. The molecule has 21 heavy (non-hydrogen) atoms. The van der Waals surface area contributed by atoms with E-state index < -0.39 is 28.9 Å². The van der Waals surface area contributed by atoms with E-state index in [-0.39, 0.29) is 21.3 Å². The summed E-state index contributed by atoms with van der Waals surface area (Å²) < 4.78 is 27.5. The SMILES string of the molecule is Cc1ccc(F)c(C(=O)Nc2cc(Cl)cc(Cl)c2O)c1F. The van der Waals surface area contributed by atoms with Gasteiger partial charge in [-0.25, -0.2) is 8.78 Å². The van der Waals surface area contributed by atoms with Crippen LogP contribution in [0.1, 0.15) is 15.9 Å². The van der Waals surface area contributed by atoms with E-state index in [0.717, 1.165) is 6.07 Å². The van der Waals surface area contributed by atoms with Gasteiger partial charge in [0.1, 0.15) is 17.2 Å². The van der Waals surface area contributed by atoms with Crippen LogP contribution in [-0.2, 0) is 0 Å². The number of benzene rings is 2. The number of hydrogen-bond acceptors (Lipinski definition) is 2. The Morgan fingerprint density at radius 1 is 1.24 bits per heavy atom. The van der Waals surface area contributed by atoms with Gasteiger partial charge in [0.05, 0.1) is 10.7 Å². The summed E-state index contributed by atoms with van der Waals surface area (Å²) in [7, 11) is 0. The molecule has 0 aliphatic carbocycles. The summed E-state index contributed by atoms with van der Waals surface area (Å²) >= 11 is 11.4. The molecule has 0 saturated heterocycles. The number of anilines is 1. The zero-order valence-electron chi connectivity index (χ0n) is 10.7. The predicted molar refractivity (Wildman–Crippen MR) is 77.2 cm³/mol. The van der Waals surface area contributed by atoms with Crippen molar-refractivity contribution in [2.24, 2.45) is 0 Å². The van der Waals surface area contributed by atoms with Gasteiger partial charge in [0.15, 0.2) is 5.75 Å². The van der Waals surface area contributed by atoms with Crippen molar-refractivity contribution < 1.29 is 18.7 Å². The van der Waals surface area contributed by atoms with Gasteiger partial charge in [0.2, 0.25) is 0 Å².